The van der Waals surface area contributed by atoms with E-state index in [9.17, 15) is 0 Å². The van der Waals surface area contributed by atoms with Crippen molar-refractivity contribution < 1.29 is 4.42 Å². The summed E-state index contributed by atoms with van der Waals surface area (Å²) in [5, 5.41) is 4.12. The number of hydrogen-bond donors (Lipinski definition) is 1. The predicted octanol–water partition coefficient (Wildman–Crippen LogP) is 4.10. The molecule has 4 heteroatoms. The second-order valence-corrected chi connectivity index (χ2v) is 5.62. The van der Waals surface area contributed by atoms with Crippen LogP contribution in [0.1, 0.15) is 11.3 Å². The lowest BCUT2D eigenvalue weighted by atomic mass is 10.1. The molecule has 0 unspecified atom stereocenters. The van der Waals surface area contributed by atoms with Crippen molar-refractivity contribution in [3.8, 4) is 21.2 Å². The molecule has 0 aliphatic rings. The Bertz CT molecular complexity index is 700. The van der Waals surface area contributed by atoms with Gasteiger partial charge in [-0.1, -0.05) is 30.3 Å². The van der Waals surface area contributed by atoms with E-state index in [1.165, 1.54) is 10.4 Å². The summed E-state index contributed by atoms with van der Waals surface area (Å²) in [6.45, 7) is 2.79. The fraction of sp³-hybridized carbons (Fsp3) is 0.188. The molecule has 2 aromatic heterocycles. The van der Waals surface area contributed by atoms with Crippen LogP contribution in [0.3, 0.4) is 0 Å². The quantitative estimate of drug-likeness (QED) is 0.784. The molecule has 3 nitrogen and oxygen atoms in total. The average molecular weight is 284 g/mol. The number of aromatic nitrogens is 1. The van der Waals surface area contributed by atoms with Crippen LogP contribution in [0, 0.1) is 6.92 Å². The average Bonchev–Trinajstić information content (AvgIpc) is 3.06. The molecule has 1 aromatic carbocycles. The van der Waals surface area contributed by atoms with Crippen LogP contribution in [0.2, 0.25) is 0 Å². The molecule has 0 amide bonds. The maximum absolute atomic E-state index is 5.56. The first-order valence-corrected chi connectivity index (χ1v) is 7.35. The van der Waals surface area contributed by atoms with Crippen molar-refractivity contribution in [1.29, 1.82) is 0 Å². The van der Waals surface area contributed by atoms with Gasteiger partial charge in [-0.15, -0.1) is 11.3 Å². The molecule has 3 rings (SSSR count). The number of rotatable bonds is 4. The molecule has 0 aliphatic heterocycles. The van der Waals surface area contributed by atoms with Gasteiger partial charge in [0.2, 0.25) is 0 Å². The van der Waals surface area contributed by atoms with Crippen molar-refractivity contribution >= 4 is 11.3 Å². The molecule has 0 fully saturated rings. The Balaban J connectivity index is 2.10. The first kappa shape index (κ1) is 13.1. The number of benzene rings is 1. The molecule has 0 aliphatic carbocycles. The molecular formula is C16H16N2OS. The number of thiazole rings is 1. The van der Waals surface area contributed by atoms with Crippen LogP contribution >= 0.6 is 11.3 Å². The first-order valence-electron chi connectivity index (χ1n) is 6.54. The standard InChI is InChI=1S/C16H16N2OS/c1-11-8-9-19-14(11)16-18-13(10-17-2)15(20-16)12-6-4-3-5-7-12/h3-9,17H,10H2,1-2H3. The Morgan fingerprint density at radius 2 is 2.00 bits per heavy atom. The maximum Gasteiger partial charge on any atom is 0.165 e. The highest BCUT2D eigenvalue weighted by molar-refractivity contribution is 7.18. The van der Waals surface area contributed by atoms with Gasteiger partial charge in [0.15, 0.2) is 10.8 Å². The summed E-state index contributed by atoms with van der Waals surface area (Å²) in [6, 6.07) is 12.3. The molecule has 0 saturated heterocycles. The Labute approximate surface area is 122 Å². The summed E-state index contributed by atoms with van der Waals surface area (Å²) < 4.78 is 5.56. The Morgan fingerprint density at radius 1 is 1.20 bits per heavy atom. The Hall–Kier alpha value is -1.91. The third-order valence-electron chi connectivity index (χ3n) is 3.13. The lowest BCUT2D eigenvalue weighted by Crippen LogP contribution is -2.06. The second-order valence-electron chi connectivity index (χ2n) is 4.62. The van der Waals surface area contributed by atoms with Crippen molar-refractivity contribution in [3.05, 3.63) is 53.9 Å². The summed E-state index contributed by atoms with van der Waals surface area (Å²) in [6.07, 6.45) is 1.71. The van der Waals surface area contributed by atoms with Crippen LogP contribution < -0.4 is 5.32 Å². The molecule has 0 atom stereocenters. The molecule has 2 heterocycles. The van der Waals surface area contributed by atoms with Crippen molar-refractivity contribution in [2.75, 3.05) is 7.05 Å². The van der Waals surface area contributed by atoms with Gasteiger partial charge in [-0.2, -0.15) is 0 Å². The smallest absolute Gasteiger partial charge is 0.165 e. The van der Waals surface area contributed by atoms with E-state index in [2.05, 4.69) is 29.6 Å². The third-order valence-corrected chi connectivity index (χ3v) is 4.28. The van der Waals surface area contributed by atoms with Gasteiger partial charge in [0.1, 0.15) is 0 Å². The van der Waals surface area contributed by atoms with Crippen molar-refractivity contribution in [3.63, 3.8) is 0 Å². The van der Waals surface area contributed by atoms with Crippen LogP contribution in [-0.4, -0.2) is 12.0 Å². The zero-order valence-electron chi connectivity index (χ0n) is 11.5. The minimum absolute atomic E-state index is 0.750. The molecule has 0 bridgehead atoms. The fourth-order valence-corrected chi connectivity index (χ4v) is 3.28. The van der Waals surface area contributed by atoms with E-state index in [1.54, 1.807) is 17.6 Å². The van der Waals surface area contributed by atoms with Crippen molar-refractivity contribution in [2.24, 2.45) is 0 Å². The van der Waals surface area contributed by atoms with Gasteiger partial charge in [0.05, 0.1) is 16.8 Å². The maximum atomic E-state index is 5.56. The van der Waals surface area contributed by atoms with Crippen LogP contribution in [0.5, 0.6) is 0 Å². The van der Waals surface area contributed by atoms with Gasteiger partial charge < -0.3 is 9.73 Å². The van der Waals surface area contributed by atoms with E-state index >= 15 is 0 Å². The Kier molecular flexibility index (Phi) is 3.67. The van der Waals surface area contributed by atoms with Crippen LogP contribution in [-0.2, 0) is 6.54 Å². The molecular weight excluding hydrogens is 268 g/mol. The fourth-order valence-electron chi connectivity index (χ4n) is 2.14. The number of nitrogens with zero attached hydrogens (tertiary/aromatic N) is 1. The summed E-state index contributed by atoms with van der Waals surface area (Å²) in [5.41, 5.74) is 3.38. The molecule has 20 heavy (non-hydrogen) atoms. The van der Waals surface area contributed by atoms with Gasteiger partial charge in [0.25, 0.3) is 0 Å². The van der Waals surface area contributed by atoms with E-state index in [1.807, 2.05) is 26.1 Å². The molecule has 0 radical (unpaired) electrons. The molecule has 3 aromatic rings. The van der Waals surface area contributed by atoms with Gasteiger partial charge in [0, 0.05) is 6.54 Å². The molecule has 0 spiro atoms. The second kappa shape index (κ2) is 5.61. The number of aryl methyl sites for hydroxylation is 1. The molecule has 102 valence electrons. The zero-order chi connectivity index (χ0) is 13.9. The number of nitrogens with one attached hydrogen (secondary N) is 1. The van der Waals surface area contributed by atoms with Crippen LogP contribution in [0.4, 0.5) is 0 Å². The van der Waals surface area contributed by atoms with E-state index in [-0.39, 0.29) is 0 Å². The van der Waals surface area contributed by atoms with Crippen molar-refractivity contribution in [1.82, 2.24) is 10.3 Å². The normalized spacial score (nSPS) is 10.9. The highest BCUT2D eigenvalue weighted by atomic mass is 32.1. The van der Waals surface area contributed by atoms with E-state index in [0.29, 0.717) is 0 Å². The monoisotopic (exact) mass is 284 g/mol. The zero-order valence-corrected chi connectivity index (χ0v) is 12.3. The van der Waals surface area contributed by atoms with Gasteiger partial charge in [-0.25, -0.2) is 4.98 Å². The lowest BCUT2D eigenvalue weighted by Gasteiger charge is -2.00. The summed E-state index contributed by atoms with van der Waals surface area (Å²) >= 11 is 1.68. The highest BCUT2D eigenvalue weighted by Crippen LogP contribution is 2.36. The first-order chi connectivity index (χ1) is 9.79. The number of furan rings is 1. The summed E-state index contributed by atoms with van der Waals surface area (Å²) in [4.78, 5) is 5.94. The van der Waals surface area contributed by atoms with Gasteiger partial charge in [-0.3, -0.25) is 0 Å². The minimum atomic E-state index is 0.750. The Morgan fingerprint density at radius 3 is 2.65 bits per heavy atom. The minimum Gasteiger partial charge on any atom is -0.462 e. The lowest BCUT2D eigenvalue weighted by molar-refractivity contribution is 0.580. The number of hydrogen-bond acceptors (Lipinski definition) is 4. The third kappa shape index (κ3) is 2.40. The van der Waals surface area contributed by atoms with Crippen LogP contribution in [0.25, 0.3) is 21.2 Å². The van der Waals surface area contributed by atoms with Crippen molar-refractivity contribution in [2.45, 2.75) is 13.5 Å². The van der Waals surface area contributed by atoms with Gasteiger partial charge >= 0.3 is 0 Å². The molecule has 0 saturated carbocycles. The van der Waals surface area contributed by atoms with Crippen LogP contribution in [0.15, 0.2) is 47.1 Å². The van der Waals surface area contributed by atoms with E-state index in [4.69, 9.17) is 9.40 Å². The predicted molar refractivity (Wildman–Crippen MR) is 82.8 cm³/mol. The van der Waals surface area contributed by atoms with E-state index in [0.717, 1.165) is 28.6 Å². The summed E-state index contributed by atoms with van der Waals surface area (Å²) in [7, 11) is 1.94. The molecule has 1 N–H and O–H groups in total. The SMILES string of the molecule is CNCc1nc(-c2occc2C)sc1-c1ccccc1. The topological polar surface area (TPSA) is 38.1 Å². The van der Waals surface area contributed by atoms with E-state index < -0.39 is 0 Å². The highest BCUT2D eigenvalue weighted by Gasteiger charge is 2.16. The van der Waals surface area contributed by atoms with Gasteiger partial charge in [-0.05, 0) is 31.2 Å². The summed E-state index contributed by atoms with van der Waals surface area (Å²) in [5.74, 6) is 0.870. The largest absolute Gasteiger partial charge is 0.462 e.